The normalized spacial score (nSPS) is 22.0. The number of esters is 1. The van der Waals surface area contributed by atoms with Crippen LogP contribution in [0.4, 0.5) is 5.00 Å². The van der Waals surface area contributed by atoms with Gasteiger partial charge in [-0.25, -0.2) is 0 Å². The molecule has 1 fully saturated rings. The van der Waals surface area contributed by atoms with Crippen LogP contribution in [0.15, 0.2) is 0 Å². The van der Waals surface area contributed by atoms with E-state index in [9.17, 15) is 14.4 Å². The zero-order valence-corrected chi connectivity index (χ0v) is 16.6. The lowest BCUT2D eigenvalue weighted by molar-refractivity contribution is -0.897. The number of nitrogens with one attached hydrogen (secondary N) is 2. The Kier molecular flexibility index (Phi) is 6.49. The van der Waals surface area contributed by atoms with Crippen molar-refractivity contribution in [2.45, 2.75) is 45.4 Å². The van der Waals surface area contributed by atoms with Crippen LogP contribution in [0.3, 0.4) is 0 Å². The van der Waals surface area contributed by atoms with Crippen LogP contribution >= 0.6 is 11.3 Å². The molecule has 148 valence electrons. The molecule has 8 heteroatoms. The highest BCUT2D eigenvalue weighted by molar-refractivity contribution is 7.17. The van der Waals surface area contributed by atoms with Crippen LogP contribution in [0.5, 0.6) is 0 Å². The van der Waals surface area contributed by atoms with Gasteiger partial charge in [0.2, 0.25) is 0 Å². The van der Waals surface area contributed by atoms with Crippen molar-refractivity contribution < 1.29 is 24.0 Å². The third-order valence-electron chi connectivity index (χ3n) is 5.39. The summed E-state index contributed by atoms with van der Waals surface area (Å²) in [5.74, 6) is -0.758. The summed E-state index contributed by atoms with van der Waals surface area (Å²) in [6, 6.07) is 0. The summed E-state index contributed by atoms with van der Waals surface area (Å²) in [5.41, 5.74) is 7.10. The lowest BCUT2D eigenvalue weighted by Gasteiger charge is -2.27. The highest BCUT2D eigenvalue weighted by Gasteiger charge is 2.30. The van der Waals surface area contributed by atoms with Gasteiger partial charge in [0.1, 0.15) is 5.00 Å². The predicted molar refractivity (Wildman–Crippen MR) is 103 cm³/mol. The van der Waals surface area contributed by atoms with E-state index in [0.717, 1.165) is 62.1 Å². The van der Waals surface area contributed by atoms with Crippen molar-refractivity contribution in [2.24, 2.45) is 11.7 Å². The highest BCUT2D eigenvalue weighted by atomic mass is 32.1. The number of piperidine rings is 1. The molecule has 3 rings (SSSR count). The van der Waals surface area contributed by atoms with Crippen molar-refractivity contribution in [2.75, 3.05) is 31.6 Å². The van der Waals surface area contributed by atoms with Crippen LogP contribution in [0.1, 0.15) is 53.4 Å². The molecule has 0 aromatic carbocycles. The number of rotatable bonds is 6. The number of likely N-dealkylation sites (tertiary alicyclic amines) is 1. The van der Waals surface area contributed by atoms with Crippen molar-refractivity contribution in [1.29, 1.82) is 0 Å². The standard InChI is InChI=1S/C19H27N3O4S/c1-2-26-19(25)12-7-9-22(10-8-12)11-15(23)21-18-16(17(20)24)13-5-3-4-6-14(13)27-18/h12H,2-11H2,1H3,(H2,20,24)(H,21,23)/p+1. The van der Waals surface area contributed by atoms with Gasteiger partial charge in [-0.15, -0.1) is 11.3 Å². The first-order valence-corrected chi connectivity index (χ1v) is 10.6. The second kappa shape index (κ2) is 8.84. The maximum absolute atomic E-state index is 12.5. The van der Waals surface area contributed by atoms with Crippen LogP contribution < -0.4 is 16.0 Å². The summed E-state index contributed by atoms with van der Waals surface area (Å²) in [7, 11) is 0. The maximum atomic E-state index is 12.5. The van der Waals surface area contributed by atoms with Crippen molar-refractivity contribution >= 4 is 34.1 Å². The van der Waals surface area contributed by atoms with Crippen LogP contribution in [-0.2, 0) is 27.2 Å². The molecule has 1 aromatic rings. The van der Waals surface area contributed by atoms with Gasteiger partial charge >= 0.3 is 5.97 Å². The molecule has 4 N–H and O–H groups in total. The van der Waals surface area contributed by atoms with Gasteiger partial charge in [0.25, 0.3) is 11.8 Å². The molecule has 1 aromatic heterocycles. The van der Waals surface area contributed by atoms with Crippen molar-refractivity contribution in [3.05, 3.63) is 16.0 Å². The van der Waals surface area contributed by atoms with Gasteiger partial charge in [-0.05, 0) is 38.2 Å². The van der Waals surface area contributed by atoms with Gasteiger partial charge in [0, 0.05) is 17.7 Å². The summed E-state index contributed by atoms with van der Waals surface area (Å²) in [5, 5.41) is 3.51. The Balaban J connectivity index is 1.57. The SMILES string of the molecule is CCOC(=O)C1CC[NH+](CC(=O)Nc2sc3c(c2C(N)=O)CCCC3)CC1. The second-order valence-corrected chi connectivity index (χ2v) is 8.39. The smallest absolute Gasteiger partial charge is 0.309 e. The first kappa shape index (κ1) is 19.8. The minimum atomic E-state index is -0.465. The number of hydrogen-bond acceptors (Lipinski definition) is 5. The lowest BCUT2D eigenvalue weighted by Crippen LogP contribution is -3.14. The Morgan fingerprint density at radius 2 is 1.93 bits per heavy atom. The van der Waals surface area contributed by atoms with Crippen LogP contribution in [0, 0.1) is 5.92 Å². The lowest BCUT2D eigenvalue weighted by atomic mass is 9.95. The minimum absolute atomic E-state index is 0.0535. The van der Waals surface area contributed by atoms with Gasteiger partial charge < -0.3 is 20.7 Å². The average Bonchev–Trinajstić information content (AvgIpc) is 3.00. The number of carbonyl (C=O) groups excluding carboxylic acids is 3. The monoisotopic (exact) mass is 394 g/mol. The largest absolute Gasteiger partial charge is 0.466 e. The molecular formula is C19H28N3O4S+. The number of amides is 2. The van der Waals surface area contributed by atoms with Gasteiger partial charge in [-0.3, -0.25) is 14.4 Å². The van der Waals surface area contributed by atoms with Crippen molar-refractivity contribution in [3.8, 4) is 0 Å². The van der Waals surface area contributed by atoms with E-state index in [1.165, 1.54) is 16.2 Å². The number of fused-ring (bicyclic) bond motifs is 1. The number of hydrogen-bond donors (Lipinski definition) is 3. The first-order valence-electron chi connectivity index (χ1n) is 9.74. The van der Waals surface area contributed by atoms with Crippen LogP contribution in [0.25, 0.3) is 0 Å². The van der Waals surface area contributed by atoms with Crippen molar-refractivity contribution in [1.82, 2.24) is 0 Å². The molecule has 0 bridgehead atoms. The van der Waals surface area contributed by atoms with E-state index in [1.54, 1.807) is 0 Å². The molecule has 0 radical (unpaired) electrons. The molecule has 0 spiro atoms. The Bertz CT molecular complexity index is 723. The van der Waals surface area contributed by atoms with E-state index in [0.29, 0.717) is 23.7 Å². The fraction of sp³-hybridized carbons (Fsp3) is 0.632. The zero-order valence-electron chi connectivity index (χ0n) is 15.8. The molecule has 2 amide bonds. The van der Waals surface area contributed by atoms with Gasteiger partial charge in [0.05, 0.1) is 31.2 Å². The number of nitrogens with two attached hydrogens (primary N) is 1. The average molecular weight is 395 g/mol. The number of thiophene rings is 1. The summed E-state index contributed by atoms with van der Waals surface area (Å²) < 4.78 is 5.08. The number of carbonyl (C=O) groups is 3. The third-order valence-corrected chi connectivity index (χ3v) is 6.60. The summed E-state index contributed by atoms with van der Waals surface area (Å²) >= 11 is 1.49. The van der Waals surface area contributed by atoms with E-state index in [2.05, 4.69) is 5.32 Å². The minimum Gasteiger partial charge on any atom is -0.466 e. The quantitative estimate of drug-likeness (QED) is 0.612. The van der Waals surface area contributed by atoms with Crippen molar-refractivity contribution in [3.63, 3.8) is 0 Å². The molecule has 1 saturated heterocycles. The summed E-state index contributed by atoms with van der Waals surface area (Å²) in [4.78, 5) is 38.6. The summed E-state index contributed by atoms with van der Waals surface area (Å²) in [6.07, 6.45) is 5.44. The number of aryl methyl sites for hydroxylation is 1. The van der Waals surface area contributed by atoms with E-state index in [4.69, 9.17) is 10.5 Å². The van der Waals surface area contributed by atoms with Crippen LogP contribution in [0.2, 0.25) is 0 Å². The fourth-order valence-corrected chi connectivity index (χ4v) is 5.32. The maximum Gasteiger partial charge on any atom is 0.309 e. The highest BCUT2D eigenvalue weighted by Crippen LogP contribution is 2.37. The topological polar surface area (TPSA) is 103 Å². The molecule has 1 aliphatic carbocycles. The van der Waals surface area contributed by atoms with Gasteiger partial charge in [-0.1, -0.05) is 0 Å². The second-order valence-electron chi connectivity index (χ2n) is 7.28. The molecular weight excluding hydrogens is 366 g/mol. The summed E-state index contributed by atoms with van der Waals surface area (Å²) in [6.45, 7) is 4.07. The first-order chi connectivity index (χ1) is 13.0. The molecule has 0 unspecified atom stereocenters. The van der Waals surface area contributed by atoms with E-state index < -0.39 is 5.91 Å². The van der Waals surface area contributed by atoms with Crippen LogP contribution in [-0.4, -0.2) is 44.0 Å². The fourth-order valence-electron chi connectivity index (χ4n) is 4.01. The molecule has 7 nitrogen and oxygen atoms in total. The Hall–Kier alpha value is -1.93. The van der Waals surface area contributed by atoms with E-state index >= 15 is 0 Å². The van der Waals surface area contributed by atoms with Gasteiger partial charge in [-0.2, -0.15) is 0 Å². The Morgan fingerprint density at radius 3 is 2.59 bits per heavy atom. The third kappa shape index (κ3) is 4.68. The molecule has 2 heterocycles. The predicted octanol–water partition coefficient (Wildman–Crippen LogP) is 0.522. The van der Waals surface area contributed by atoms with Gasteiger partial charge in [0.15, 0.2) is 6.54 Å². The molecule has 0 atom stereocenters. The zero-order chi connectivity index (χ0) is 19.4. The van der Waals surface area contributed by atoms with E-state index in [1.807, 2.05) is 6.92 Å². The molecule has 0 saturated carbocycles. The molecule has 2 aliphatic rings. The number of anilines is 1. The van der Waals surface area contributed by atoms with E-state index in [-0.39, 0.29) is 17.8 Å². The Labute approximate surface area is 163 Å². The Morgan fingerprint density at radius 1 is 1.22 bits per heavy atom. The molecule has 27 heavy (non-hydrogen) atoms. The molecule has 1 aliphatic heterocycles. The number of quaternary nitrogens is 1. The number of ether oxygens (including phenoxy) is 1. The number of primary amides is 1.